The van der Waals surface area contributed by atoms with E-state index in [9.17, 15) is 0 Å². The summed E-state index contributed by atoms with van der Waals surface area (Å²) in [6, 6.07) is 0. The van der Waals surface area contributed by atoms with Crippen LogP contribution in [0.4, 0.5) is 0 Å². The second-order valence-corrected chi connectivity index (χ2v) is 7.35. The fraction of sp³-hybridized carbons (Fsp3) is 1.00. The summed E-state index contributed by atoms with van der Waals surface area (Å²) in [5, 5.41) is 3.87. The average molecular weight is 296 g/mol. The van der Waals surface area contributed by atoms with Crippen LogP contribution in [0.3, 0.4) is 0 Å². The highest BCUT2D eigenvalue weighted by Crippen LogP contribution is 2.31. The van der Waals surface area contributed by atoms with Crippen LogP contribution < -0.4 is 5.32 Å². The lowest BCUT2D eigenvalue weighted by Gasteiger charge is -2.30. The molecule has 126 valence electrons. The van der Waals surface area contributed by atoms with Crippen molar-refractivity contribution < 1.29 is 0 Å². The Morgan fingerprint density at radius 1 is 0.667 bits per heavy atom. The van der Waals surface area contributed by atoms with Gasteiger partial charge in [-0.25, -0.2) is 0 Å². The molecule has 1 N–H and O–H groups in total. The van der Waals surface area contributed by atoms with Crippen LogP contribution in [0.15, 0.2) is 0 Å². The van der Waals surface area contributed by atoms with Crippen molar-refractivity contribution in [1.29, 1.82) is 0 Å². The summed E-state index contributed by atoms with van der Waals surface area (Å²) in [6.45, 7) is 5.88. The molecule has 1 saturated heterocycles. The van der Waals surface area contributed by atoms with E-state index in [0.717, 1.165) is 0 Å². The van der Waals surface area contributed by atoms with Gasteiger partial charge in [-0.2, -0.15) is 0 Å². The first kappa shape index (κ1) is 19.0. The molecule has 0 amide bonds. The molecule has 1 aliphatic heterocycles. The lowest BCUT2D eigenvalue weighted by atomic mass is 9.85. The van der Waals surface area contributed by atoms with Crippen molar-refractivity contribution in [3.63, 3.8) is 0 Å². The zero-order valence-corrected chi connectivity index (χ0v) is 15.0. The number of hydrogen-bond donors (Lipinski definition) is 1. The minimum absolute atomic E-state index is 0.538. The van der Waals surface area contributed by atoms with E-state index in [0.29, 0.717) is 5.54 Å². The van der Waals surface area contributed by atoms with Crippen LogP contribution in [0, 0.1) is 0 Å². The molecule has 21 heavy (non-hydrogen) atoms. The molecule has 0 radical (unpaired) electrons. The molecule has 0 aliphatic carbocycles. The molecule has 1 aliphatic rings. The van der Waals surface area contributed by atoms with Crippen molar-refractivity contribution in [3.8, 4) is 0 Å². The van der Waals surface area contributed by atoms with Crippen molar-refractivity contribution in [2.45, 2.75) is 122 Å². The van der Waals surface area contributed by atoms with Crippen molar-refractivity contribution in [1.82, 2.24) is 5.32 Å². The van der Waals surface area contributed by atoms with E-state index < -0.39 is 0 Å². The van der Waals surface area contributed by atoms with Crippen molar-refractivity contribution in [3.05, 3.63) is 0 Å². The maximum absolute atomic E-state index is 3.87. The molecule has 1 fully saturated rings. The Bertz CT molecular complexity index is 218. The zero-order valence-electron chi connectivity index (χ0n) is 15.0. The Balaban J connectivity index is 2.05. The van der Waals surface area contributed by atoms with Gasteiger partial charge in [-0.3, -0.25) is 0 Å². The Morgan fingerprint density at radius 2 is 1.14 bits per heavy atom. The van der Waals surface area contributed by atoms with Crippen molar-refractivity contribution >= 4 is 0 Å². The minimum atomic E-state index is 0.538. The van der Waals surface area contributed by atoms with Crippen LogP contribution in [-0.2, 0) is 0 Å². The lowest BCUT2D eigenvalue weighted by Crippen LogP contribution is -2.39. The first-order valence-electron chi connectivity index (χ1n) is 10.1. The van der Waals surface area contributed by atoms with E-state index >= 15 is 0 Å². The van der Waals surface area contributed by atoms with Crippen LogP contribution >= 0.6 is 0 Å². The third-order valence-corrected chi connectivity index (χ3v) is 5.35. The van der Waals surface area contributed by atoms with Gasteiger partial charge in [0.05, 0.1) is 0 Å². The quantitative estimate of drug-likeness (QED) is 0.355. The van der Waals surface area contributed by atoms with Crippen molar-refractivity contribution in [2.24, 2.45) is 0 Å². The Kier molecular flexibility index (Phi) is 11.3. The van der Waals surface area contributed by atoms with E-state index in [2.05, 4.69) is 19.2 Å². The van der Waals surface area contributed by atoms with Gasteiger partial charge in [-0.1, -0.05) is 90.9 Å². The largest absolute Gasteiger partial charge is 0.311 e. The summed E-state index contributed by atoms with van der Waals surface area (Å²) in [5.41, 5.74) is 0.538. The first-order valence-corrected chi connectivity index (χ1v) is 10.1. The van der Waals surface area contributed by atoms with E-state index in [4.69, 9.17) is 0 Å². The van der Waals surface area contributed by atoms with Gasteiger partial charge in [0.2, 0.25) is 0 Å². The third kappa shape index (κ3) is 8.86. The fourth-order valence-electron chi connectivity index (χ4n) is 3.91. The SMILES string of the molecule is CCCCCCCCCCC1(CCCCCC)CCCN1. The molecule has 1 heterocycles. The van der Waals surface area contributed by atoms with E-state index in [1.54, 1.807) is 0 Å². The Morgan fingerprint density at radius 3 is 1.62 bits per heavy atom. The van der Waals surface area contributed by atoms with Crippen molar-refractivity contribution in [2.75, 3.05) is 6.54 Å². The second-order valence-electron chi connectivity index (χ2n) is 7.35. The van der Waals surface area contributed by atoms with E-state index in [-0.39, 0.29) is 0 Å². The molecule has 1 nitrogen and oxygen atoms in total. The number of hydrogen-bond acceptors (Lipinski definition) is 1. The third-order valence-electron chi connectivity index (χ3n) is 5.35. The van der Waals surface area contributed by atoms with Gasteiger partial charge in [-0.05, 0) is 32.2 Å². The fourth-order valence-corrected chi connectivity index (χ4v) is 3.91. The maximum Gasteiger partial charge on any atom is 0.0182 e. The summed E-state index contributed by atoms with van der Waals surface area (Å²) in [4.78, 5) is 0. The summed E-state index contributed by atoms with van der Waals surface area (Å²) in [7, 11) is 0. The molecular weight excluding hydrogens is 254 g/mol. The van der Waals surface area contributed by atoms with Gasteiger partial charge in [0, 0.05) is 5.54 Å². The smallest absolute Gasteiger partial charge is 0.0182 e. The average Bonchev–Trinajstić information content (AvgIpc) is 2.96. The Hall–Kier alpha value is -0.0400. The van der Waals surface area contributed by atoms with E-state index in [1.807, 2.05) is 0 Å². The van der Waals surface area contributed by atoms with Gasteiger partial charge in [0.15, 0.2) is 0 Å². The highest BCUT2D eigenvalue weighted by atomic mass is 15.0. The summed E-state index contributed by atoms with van der Waals surface area (Å²) in [5.74, 6) is 0. The maximum atomic E-state index is 3.87. The monoisotopic (exact) mass is 295 g/mol. The van der Waals surface area contributed by atoms with Crippen LogP contribution in [-0.4, -0.2) is 12.1 Å². The van der Waals surface area contributed by atoms with Crippen LogP contribution in [0.5, 0.6) is 0 Å². The minimum Gasteiger partial charge on any atom is -0.311 e. The van der Waals surface area contributed by atoms with Gasteiger partial charge in [-0.15, -0.1) is 0 Å². The molecule has 0 saturated carbocycles. The molecule has 1 atom stereocenters. The first-order chi connectivity index (χ1) is 10.3. The van der Waals surface area contributed by atoms with Gasteiger partial charge < -0.3 is 5.32 Å². The molecule has 1 unspecified atom stereocenters. The second kappa shape index (κ2) is 12.5. The number of nitrogens with one attached hydrogen (secondary N) is 1. The number of rotatable bonds is 14. The highest BCUT2D eigenvalue weighted by molar-refractivity contribution is 4.92. The molecule has 0 bridgehead atoms. The highest BCUT2D eigenvalue weighted by Gasteiger charge is 2.31. The van der Waals surface area contributed by atoms with Gasteiger partial charge in [0.1, 0.15) is 0 Å². The lowest BCUT2D eigenvalue weighted by molar-refractivity contribution is 0.299. The van der Waals surface area contributed by atoms with Crippen LogP contribution in [0.2, 0.25) is 0 Å². The summed E-state index contributed by atoms with van der Waals surface area (Å²) >= 11 is 0. The predicted molar refractivity (Wildman–Crippen MR) is 96.0 cm³/mol. The van der Waals surface area contributed by atoms with Gasteiger partial charge in [0.25, 0.3) is 0 Å². The van der Waals surface area contributed by atoms with Crippen LogP contribution in [0.1, 0.15) is 117 Å². The zero-order chi connectivity index (χ0) is 15.2. The molecule has 0 spiro atoms. The van der Waals surface area contributed by atoms with Gasteiger partial charge >= 0.3 is 0 Å². The normalized spacial score (nSPS) is 22.0. The predicted octanol–water partition coefficient (Wildman–Crippen LogP) is 6.61. The summed E-state index contributed by atoms with van der Waals surface area (Å²) < 4.78 is 0. The molecule has 0 aromatic rings. The molecule has 0 aromatic carbocycles. The Labute approximate surface area is 134 Å². The summed E-state index contributed by atoms with van der Waals surface area (Å²) in [6.07, 6.45) is 23.0. The van der Waals surface area contributed by atoms with E-state index in [1.165, 1.54) is 109 Å². The molecule has 1 heteroatoms. The number of unbranched alkanes of at least 4 members (excludes halogenated alkanes) is 10. The standard InChI is InChI=1S/C20H41N/c1-3-5-7-9-10-11-12-14-17-20(18-15-19-21-20)16-13-8-6-4-2/h21H,3-19H2,1-2H3. The molecule has 1 rings (SSSR count). The topological polar surface area (TPSA) is 12.0 Å². The molecule has 0 aromatic heterocycles. The van der Waals surface area contributed by atoms with Crippen LogP contribution in [0.25, 0.3) is 0 Å². The molecular formula is C20H41N.